The summed E-state index contributed by atoms with van der Waals surface area (Å²) in [7, 11) is 0. The molecule has 4 rings (SSSR count). The van der Waals surface area contributed by atoms with Crippen LogP contribution in [0.25, 0.3) is 6.08 Å². The molecular formula is C55H78N12O9. The highest BCUT2D eigenvalue weighted by Gasteiger charge is 2.29. The Morgan fingerprint density at radius 1 is 0.737 bits per heavy atom. The highest BCUT2D eigenvalue weighted by atomic mass is 16.5. The van der Waals surface area contributed by atoms with Crippen molar-refractivity contribution >= 4 is 76.5 Å². The predicted octanol–water partition coefficient (Wildman–Crippen LogP) is 6.31. The molecule has 2 aromatic carbocycles. The van der Waals surface area contributed by atoms with Gasteiger partial charge in [-0.15, -0.1) is 0 Å². The molecule has 1 aromatic heterocycles. The van der Waals surface area contributed by atoms with E-state index >= 15 is 0 Å². The molecule has 2 heterocycles. The van der Waals surface area contributed by atoms with Crippen molar-refractivity contribution in [2.75, 3.05) is 36.8 Å². The highest BCUT2D eigenvalue weighted by molar-refractivity contribution is 6.08. The summed E-state index contributed by atoms with van der Waals surface area (Å²) in [6.07, 6.45) is 11.5. The number of pyridine rings is 1. The minimum atomic E-state index is -1.02. The van der Waals surface area contributed by atoms with Crippen LogP contribution in [-0.2, 0) is 41.9 Å². The van der Waals surface area contributed by atoms with Crippen molar-refractivity contribution in [3.8, 4) is 0 Å². The Bertz CT molecular complexity index is 2520. The first kappa shape index (κ1) is 60.7. The second kappa shape index (κ2) is 31.8. The first-order chi connectivity index (χ1) is 36.3. The number of fused-ring (bicyclic) bond motifs is 1. The van der Waals surface area contributed by atoms with Gasteiger partial charge in [0.1, 0.15) is 31.1 Å². The second-order valence-electron chi connectivity index (χ2n) is 19.6. The lowest BCUT2D eigenvalue weighted by Crippen LogP contribution is -2.54. The molecule has 3 aromatic rings. The third-order valence-corrected chi connectivity index (χ3v) is 12.1. The number of primary amides is 1. The zero-order valence-electron chi connectivity index (χ0n) is 44.9. The van der Waals surface area contributed by atoms with Gasteiger partial charge in [0.05, 0.1) is 17.6 Å². The van der Waals surface area contributed by atoms with Gasteiger partial charge in [0, 0.05) is 67.6 Å². The SMILES string of the molecule is CCCN(CCC)C(=O)C1=Cc2ccc(C(=O)Nc3cncc(CNC(=O)CNC(=O)OCc4ccc(NC(=O)C(CCCNC(N)=O)NC(=O)C(NC(=O)CCCCCCC(C)C)C(C)C)cc4)c3)cc2N=C(N)C1. The van der Waals surface area contributed by atoms with Crippen LogP contribution in [0.3, 0.4) is 0 Å². The van der Waals surface area contributed by atoms with E-state index in [0.29, 0.717) is 83.2 Å². The number of benzene rings is 2. The van der Waals surface area contributed by atoms with Crippen LogP contribution in [0.5, 0.6) is 0 Å². The Labute approximate surface area is 446 Å². The van der Waals surface area contributed by atoms with Gasteiger partial charge in [-0.05, 0) is 91.5 Å². The number of ether oxygens (including phenoxy) is 1. The van der Waals surface area contributed by atoms with Gasteiger partial charge < -0.3 is 58.3 Å². The maximum Gasteiger partial charge on any atom is 0.407 e. The van der Waals surface area contributed by atoms with Crippen molar-refractivity contribution in [1.82, 2.24) is 36.5 Å². The summed E-state index contributed by atoms with van der Waals surface area (Å²) >= 11 is 0. The van der Waals surface area contributed by atoms with E-state index in [1.807, 2.05) is 32.6 Å². The molecule has 0 saturated heterocycles. The van der Waals surface area contributed by atoms with Crippen LogP contribution in [0.15, 0.2) is 71.5 Å². The minimum Gasteiger partial charge on any atom is -0.445 e. The zero-order chi connectivity index (χ0) is 55.6. The van der Waals surface area contributed by atoms with Crippen molar-refractivity contribution in [2.45, 2.75) is 137 Å². The molecule has 1 aliphatic heterocycles. The van der Waals surface area contributed by atoms with E-state index < -0.39 is 54.4 Å². The number of aromatic nitrogens is 1. The first-order valence-corrected chi connectivity index (χ1v) is 26.3. The number of anilines is 2. The number of nitrogens with one attached hydrogen (secondary N) is 7. The average Bonchev–Trinajstić information content (AvgIpc) is 3.55. The number of carbonyl (C=O) groups is 8. The molecule has 0 bridgehead atoms. The van der Waals surface area contributed by atoms with Gasteiger partial charge in [-0.1, -0.05) is 85.4 Å². The molecule has 1 aliphatic rings. The number of hydrogen-bond donors (Lipinski definition) is 9. The van der Waals surface area contributed by atoms with Crippen molar-refractivity contribution < 1.29 is 43.1 Å². The van der Waals surface area contributed by atoms with Gasteiger partial charge >= 0.3 is 12.1 Å². The van der Waals surface area contributed by atoms with Crippen LogP contribution in [0, 0.1) is 11.8 Å². The maximum absolute atomic E-state index is 13.6. The third kappa shape index (κ3) is 21.6. The number of hydrogen-bond acceptors (Lipinski definition) is 12. The lowest BCUT2D eigenvalue weighted by atomic mass is 10.0. The zero-order valence-corrected chi connectivity index (χ0v) is 44.9. The van der Waals surface area contributed by atoms with E-state index in [4.69, 9.17) is 16.2 Å². The van der Waals surface area contributed by atoms with Crippen LogP contribution in [0.4, 0.5) is 26.7 Å². The summed E-state index contributed by atoms with van der Waals surface area (Å²) in [6.45, 7) is 13.0. The highest BCUT2D eigenvalue weighted by Crippen LogP contribution is 2.29. The first-order valence-electron chi connectivity index (χ1n) is 26.3. The lowest BCUT2D eigenvalue weighted by molar-refractivity contribution is -0.132. The number of urea groups is 1. The smallest absolute Gasteiger partial charge is 0.407 e. The summed E-state index contributed by atoms with van der Waals surface area (Å²) in [4.78, 5) is 114. The Morgan fingerprint density at radius 2 is 1.46 bits per heavy atom. The van der Waals surface area contributed by atoms with E-state index in [0.717, 1.165) is 38.5 Å². The molecule has 2 atom stereocenters. The van der Waals surface area contributed by atoms with Crippen LogP contribution in [-0.4, -0.2) is 102 Å². The summed E-state index contributed by atoms with van der Waals surface area (Å²) in [5.74, 6) is -1.67. The number of alkyl carbamates (subject to hydrolysis) is 1. The number of carbonyl (C=O) groups excluding carboxylic acids is 8. The summed E-state index contributed by atoms with van der Waals surface area (Å²) in [5.41, 5.74) is 15.3. The third-order valence-electron chi connectivity index (χ3n) is 12.1. The number of aliphatic imine (C=N–C) groups is 1. The Kier molecular flexibility index (Phi) is 25.4. The quantitative estimate of drug-likeness (QED) is 0.0333. The molecule has 0 spiro atoms. The second-order valence-corrected chi connectivity index (χ2v) is 19.6. The van der Waals surface area contributed by atoms with Gasteiger partial charge in [-0.2, -0.15) is 0 Å². The lowest BCUT2D eigenvalue weighted by Gasteiger charge is -2.25. The Hall–Kier alpha value is -7.84. The molecule has 21 nitrogen and oxygen atoms in total. The molecule has 21 heteroatoms. The maximum atomic E-state index is 13.6. The molecule has 9 amide bonds. The normalized spacial score (nSPS) is 12.6. The number of amidine groups is 1. The van der Waals surface area contributed by atoms with E-state index in [1.54, 1.807) is 54.6 Å². The number of nitrogens with zero attached hydrogens (tertiary/aromatic N) is 3. The number of nitrogens with two attached hydrogens (primary N) is 2. The Morgan fingerprint density at radius 3 is 2.14 bits per heavy atom. The van der Waals surface area contributed by atoms with E-state index in [9.17, 15) is 38.4 Å². The predicted molar refractivity (Wildman–Crippen MR) is 293 cm³/mol. The molecule has 0 aliphatic carbocycles. The van der Waals surface area contributed by atoms with E-state index in [1.165, 1.54) is 12.4 Å². The number of amides is 9. The monoisotopic (exact) mass is 1050 g/mol. The standard InChI is InChI=1S/C55H78N12O9/c1-7-24-67(25-8-2)53(73)41-27-39-19-20-40(28-45(39)64-46(56)29-41)50(70)63-43-26-38(30-58-32-43)31-60-48(69)33-61-55(75)76-34-37-17-21-42(22-18-37)62-51(71)44(15-13-23-59-54(57)74)65-52(72)49(36(5)6)66-47(68)16-12-10-9-11-14-35(3)4/h17-22,26-28,30,32,35-36,44,49H,7-16,23-25,29,31,33-34H2,1-6H3,(H2,56,64)(H,60,69)(H,61,75)(H,62,71)(H,63,70)(H,65,72)(H,66,68)(H3,57,59,74). The van der Waals surface area contributed by atoms with Gasteiger partial charge in [-0.25, -0.2) is 14.6 Å². The molecule has 11 N–H and O–H groups in total. The molecular weight excluding hydrogens is 973 g/mol. The van der Waals surface area contributed by atoms with Crippen LogP contribution in [0.2, 0.25) is 0 Å². The minimum absolute atomic E-state index is 0.0402. The molecule has 0 radical (unpaired) electrons. The Balaban J connectivity index is 1.23. The van der Waals surface area contributed by atoms with Crippen molar-refractivity contribution in [3.63, 3.8) is 0 Å². The fraction of sp³-hybridized carbons (Fsp3) is 0.491. The molecule has 0 saturated carbocycles. The summed E-state index contributed by atoms with van der Waals surface area (Å²) < 4.78 is 5.28. The van der Waals surface area contributed by atoms with Gasteiger partial charge in [0.2, 0.25) is 29.5 Å². The van der Waals surface area contributed by atoms with Crippen molar-refractivity contribution in [2.24, 2.45) is 28.3 Å². The van der Waals surface area contributed by atoms with Crippen LogP contribution in [0.1, 0.15) is 139 Å². The van der Waals surface area contributed by atoms with E-state index in [-0.39, 0.29) is 56.1 Å². The average molecular weight is 1050 g/mol. The van der Waals surface area contributed by atoms with Gasteiger partial charge in [0.25, 0.3) is 5.91 Å². The van der Waals surface area contributed by atoms with Gasteiger partial charge in [0.15, 0.2) is 0 Å². The largest absolute Gasteiger partial charge is 0.445 e. The van der Waals surface area contributed by atoms with Crippen LogP contribution < -0.4 is 48.7 Å². The topological polar surface area (TPSA) is 311 Å². The fourth-order valence-electron chi connectivity index (χ4n) is 8.13. The summed E-state index contributed by atoms with van der Waals surface area (Å²) in [5, 5.41) is 18.8. The molecule has 76 heavy (non-hydrogen) atoms. The molecule has 412 valence electrons. The summed E-state index contributed by atoms with van der Waals surface area (Å²) in [6, 6.07) is 10.5. The number of unbranched alkanes of at least 4 members (excludes halogenated alkanes) is 3. The number of rotatable bonds is 30. The van der Waals surface area contributed by atoms with Gasteiger partial charge in [-0.3, -0.25) is 33.8 Å². The van der Waals surface area contributed by atoms with Crippen LogP contribution >= 0.6 is 0 Å². The van der Waals surface area contributed by atoms with E-state index in [2.05, 4.69) is 61.0 Å². The molecule has 0 fully saturated rings. The molecule has 2 unspecified atom stereocenters. The fourth-order valence-corrected chi connectivity index (χ4v) is 8.13. The van der Waals surface area contributed by atoms with Crippen molar-refractivity contribution in [1.29, 1.82) is 0 Å². The van der Waals surface area contributed by atoms with Crippen molar-refractivity contribution in [3.05, 3.63) is 88.8 Å².